The molecule has 0 unspecified atom stereocenters. The summed E-state index contributed by atoms with van der Waals surface area (Å²) in [5.41, 5.74) is 10.1. The Labute approximate surface area is 183 Å². The molecule has 1 nitrogen and oxygen atoms in total. The first-order chi connectivity index (χ1) is 14.8. The van der Waals surface area contributed by atoms with Crippen molar-refractivity contribution in [2.75, 3.05) is 0 Å². The molecule has 0 fully saturated rings. The van der Waals surface area contributed by atoms with Gasteiger partial charge in [-0.25, -0.2) is 0 Å². The molecule has 30 heavy (non-hydrogen) atoms. The van der Waals surface area contributed by atoms with Crippen LogP contribution < -0.4 is 0 Å². The van der Waals surface area contributed by atoms with Crippen molar-refractivity contribution in [2.45, 2.75) is 5.41 Å². The summed E-state index contributed by atoms with van der Waals surface area (Å²) in [6, 6.07) is 31.1. The van der Waals surface area contributed by atoms with Gasteiger partial charge in [0.15, 0.2) is 0 Å². The molecule has 0 bridgehead atoms. The minimum Gasteiger partial charge on any atom is -0.264 e. The Morgan fingerprint density at radius 2 is 1.23 bits per heavy atom. The summed E-state index contributed by atoms with van der Waals surface area (Å²) in [5, 5.41) is 2.59. The SMILES string of the molecule is Brc1ccc2c3c(cccc13)C1(c3ccccc3-c3ccccc31)c1cnccc1-2. The summed E-state index contributed by atoms with van der Waals surface area (Å²) < 4.78 is 1.13. The molecule has 0 saturated heterocycles. The third kappa shape index (κ3) is 1.78. The van der Waals surface area contributed by atoms with Gasteiger partial charge in [0.05, 0.1) is 5.41 Å². The molecule has 0 atom stereocenters. The smallest absolute Gasteiger partial charge is 0.0740 e. The molecular formula is C28H16BrN. The van der Waals surface area contributed by atoms with Crippen LogP contribution in [-0.2, 0) is 5.41 Å². The molecule has 1 spiro atoms. The van der Waals surface area contributed by atoms with E-state index in [0.717, 1.165) is 4.47 Å². The quantitative estimate of drug-likeness (QED) is 0.238. The maximum Gasteiger partial charge on any atom is 0.0740 e. The fraction of sp³-hybridized carbons (Fsp3) is 0.0357. The number of pyridine rings is 1. The number of rotatable bonds is 0. The Kier molecular flexibility index (Phi) is 3.13. The lowest BCUT2D eigenvalue weighted by Gasteiger charge is -2.39. The van der Waals surface area contributed by atoms with Gasteiger partial charge in [-0.2, -0.15) is 0 Å². The van der Waals surface area contributed by atoms with Crippen molar-refractivity contribution in [2.24, 2.45) is 0 Å². The van der Waals surface area contributed by atoms with Crippen LogP contribution in [0, 0.1) is 0 Å². The molecule has 0 amide bonds. The molecule has 2 aliphatic carbocycles. The molecule has 2 heteroatoms. The van der Waals surface area contributed by atoms with Crippen molar-refractivity contribution >= 4 is 26.7 Å². The molecule has 0 radical (unpaired) electrons. The van der Waals surface area contributed by atoms with E-state index in [4.69, 9.17) is 0 Å². The van der Waals surface area contributed by atoms with Crippen molar-refractivity contribution in [1.82, 2.24) is 4.98 Å². The molecular weight excluding hydrogens is 430 g/mol. The number of halogens is 1. The molecule has 140 valence electrons. The summed E-state index contributed by atoms with van der Waals surface area (Å²) in [5.74, 6) is 0. The first kappa shape index (κ1) is 16.6. The summed E-state index contributed by atoms with van der Waals surface area (Å²) in [7, 11) is 0. The van der Waals surface area contributed by atoms with Crippen molar-refractivity contribution in [3.05, 3.63) is 124 Å². The predicted molar refractivity (Wildman–Crippen MR) is 126 cm³/mol. The van der Waals surface area contributed by atoms with Gasteiger partial charge in [0.25, 0.3) is 0 Å². The molecule has 7 rings (SSSR count). The Hall–Kier alpha value is -3.23. The second-order valence-electron chi connectivity index (χ2n) is 8.09. The predicted octanol–water partition coefficient (Wildman–Crippen LogP) is 7.34. The summed E-state index contributed by atoms with van der Waals surface area (Å²) in [4.78, 5) is 4.61. The lowest BCUT2D eigenvalue weighted by Crippen LogP contribution is -2.32. The van der Waals surface area contributed by atoms with E-state index < -0.39 is 0 Å². The van der Waals surface area contributed by atoms with E-state index in [1.807, 2.05) is 6.20 Å². The van der Waals surface area contributed by atoms with Crippen molar-refractivity contribution in [3.63, 3.8) is 0 Å². The van der Waals surface area contributed by atoms with Crippen LogP contribution in [0.2, 0.25) is 0 Å². The Morgan fingerprint density at radius 1 is 0.567 bits per heavy atom. The average molecular weight is 446 g/mol. The van der Waals surface area contributed by atoms with Crippen LogP contribution in [0.3, 0.4) is 0 Å². The third-order valence-electron chi connectivity index (χ3n) is 6.86. The number of fused-ring (bicyclic) bond motifs is 9. The average Bonchev–Trinajstić information content (AvgIpc) is 3.10. The van der Waals surface area contributed by atoms with E-state index >= 15 is 0 Å². The van der Waals surface area contributed by atoms with Gasteiger partial charge in [0.1, 0.15) is 0 Å². The van der Waals surface area contributed by atoms with Crippen molar-refractivity contribution < 1.29 is 0 Å². The number of hydrogen-bond acceptors (Lipinski definition) is 1. The van der Waals surface area contributed by atoms with Gasteiger partial charge in [0.2, 0.25) is 0 Å². The lowest BCUT2D eigenvalue weighted by atomic mass is 9.62. The number of hydrogen-bond donors (Lipinski definition) is 0. The second kappa shape index (κ2) is 5.68. The topological polar surface area (TPSA) is 12.9 Å². The van der Waals surface area contributed by atoms with Crippen LogP contribution in [0.4, 0.5) is 0 Å². The van der Waals surface area contributed by atoms with Gasteiger partial charge >= 0.3 is 0 Å². The van der Waals surface area contributed by atoms with Crippen LogP contribution in [-0.4, -0.2) is 4.98 Å². The monoisotopic (exact) mass is 445 g/mol. The summed E-state index contributed by atoms with van der Waals surface area (Å²) in [6.07, 6.45) is 4.00. The zero-order chi connectivity index (χ0) is 19.9. The minimum atomic E-state index is -0.357. The van der Waals surface area contributed by atoms with Gasteiger partial charge in [-0.3, -0.25) is 4.98 Å². The lowest BCUT2D eigenvalue weighted by molar-refractivity contribution is 0.767. The number of nitrogens with zero attached hydrogens (tertiary/aromatic N) is 1. The van der Waals surface area contributed by atoms with E-state index in [9.17, 15) is 0 Å². The molecule has 0 N–H and O–H groups in total. The molecule has 1 heterocycles. The zero-order valence-corrected chi connectivity index (χ0v) is 17.6. The summed E-state index contributed by atoms with van der Waals surface area (Å²) in [6.45, 7) is 0. The summed E-state index contributed by atoms with van der Waals surface area (Å²) >= 11 is 3.81. The third-order valence-corrected chi connectivity index (χ3v) is 7.55. The molecule has 0 saturated carbocycles. The zero-order valence-electron chi connectivity index (χ0n) is 16.1. The van der Waals surface area contributed by atoms with Gasteiger partial charge < -0.3 is 0 Å². The van der Waals surface area contributed by atoms with Crippen LogP contribution in [0.5, 0.6) is 0 Å². The largest absolute Gasteiger partial charge is 0.264 e. The van der Waals surface area contributed by atoms with E-state index in [1.165, 1.54) is 55.3 Å². The highest BCUT2D eigenvalue weighted by Crippen LogP contribution is 2.61. The second-order valence-corrected chi connectivity index (χ2v) is 8.94. The highest BCUT2D eigenvalue weighted by molar-refractivity contribution is 9.10. The normalized spacial score (nSPS) is 14.4. The van der Waals surface area contributed by atoms with Crippen molar-refractivity contribution in [3.8, 4) is 22.3 Å². The van der Waals surface area contributed by atoms with Crippen LogP contribution in [0.1, 0.15) is 22.3 Å². The fourth-order valence-corrected chi connectivity index (χ4v) is 6.26. The standard InChI is InChI=1S/C28H16BrN/c29-26-13-12-20-19-14-15-30-16-25(19)28(24-11-5-8-21(26)27(20)24)22-9-3-1-6-17(22)18-7-2-4-10-23(18)28/h1-16H. The van der Waals surface area contributed by atoms with Gasteiger partial charge in [-0.15, -0.1) is 0 Å². The van der Waals surface area contributed by atoms with Crippen molar-refractivity contribution in [1.29, 1.82) is 0 Å². The van der Waals surface area contributed by atoms with Gasteiger partial charge in [-0.1, -0.05) is 88.7 Å². The van der Waals surface area contributed by atoms with Gasteiger partial charge in [0, 0.05) is 16.9 Å². The van der Waals surface area contributed by atoms with Crippen LogP contribution in [0.25, 0.3) is 33.0 Å². The molecule has 4 aromatic carbocycles. The molecule has 0 aliphatic heterocycles. The number of benzene rings is 4. The Bertz CT molecular complexity index is 1470. The minimum absolute atomic E-state index is 0.357. The molecule has 2 aliphatic rings. The van der Waals surface area contributed by atoms with E-state index in [0.29, 0.717) is 0 Å². The van der Waals surface area contributed by atoms with E-state index in [-0.39, 0.29) is 5.41 Å². The molecule has 1 aromatic heterocycles. The maximum atomic E-state index is 4.61. The van der Waals surface area contributed by atoms with Gasteiger partial charge in [-0.05, 0) is 67.4 Å². The van der Waals surface area contributed by atoms with Crippen LogP contribution >= 0.6 is 15.9 Å². The maximum absolute atomic E-state index is 4.61. The van der Waals surface area contributed by atoms with E-state index in [2.05, 4.69) is 112 Å². The van der Waals surface area contributed by atoms with E-state index in [1.54, 1.807) is 0 Å². The highest BCUT2D eigenvalue weighted by atomic mass is 79.9. The molecule has 5 aromatic rings. The first-order valence-electron chi connectivity index (χ1n) is 10.2. The Balaban J connectivity index is 1.80. The van der Waals surface area contributed by atoms with Crippen LogP contribution in [0.15, 0.2) is 102 Å². The number of aromatic nitrogens is 1. The first-order valence-corrected chi connectivity index (χ1v) is 11.0. The highest BCUT2D eigenvalue weighted by Gasteiger charge is 2.50. The Morgan fingerprint density at radius 3 is 2.00 bits per heavy atom. The fourth-order valence-electron chi connectivity index (χ4n) is 5.80.